The second kappa shape index (κ2) is 5.00. The zero-order valence-corrected chi connectivity index (χ0v) is 10.5. The monoisotopic (exact) mass is 280 g/mol. The number of carboxylic acid groups (broad SMARTS) is 1. The highest BCUT2D eigenvalue weighted by molar-refractivity contribution is 5.92. The van der Waals surface area contributed by atoms with Crippen LogP contribution >= 0.6 is 0 Å². The van der Waals surface area contributed by atoms with Crippen molar-refractivity contribution in [1.82, 2.24) is 0 Å². The predicted molar refractivity (Wildman–Crippen MR) is 68.6 cm³/mol. The van der Waals surface area contributed by atoms with E-state index in [9.17, 15) is 18.0 Å². The van der Waals surface area contributed by atoms with E-state index in [-0.39, 0.29) is 11.1 Å². The van der Waals surface area contributed by atoms with Gasteiger partial charge < -0.3 is 5.11 Å². The average molecular weight is 280 g/mol. The molecule has 0 atom stereocenters. The summed E-state index contributed by atoms with van der Waals surface area (Å²) in [6.07, 6.45) is -4.58. The van der Waals surface area contributed by atoms with Gasteiger partial charge in [-0.15, -0.1) is 0 Å². The van der Waals surface area contributed by atoms with Crippen molar-refractivity contribution in [2.75, 3.05) is 0 Å². The molecule has 0 aliphatic rings. The first kappa shape index (κ1) is 14.1. The fourth-order valence-electron chi connectivity index (χ4n) is 2.02. The van der Waals surface area contributed by atoms with E-state index in [1.54, 1.807) is 30.3 Å². The third kappa shape index (κ3) is 2.66. The molecule has 0 radical (unpaired) electrons. The molecule has 0 amide bonds. The van der Waals surface area contributed by atoms with Gasteiger partial charge in [-0.2, -0.15) is 13.2 Å². The third-order valence-corrected chi connectivity index (χ3v) is 3.05. The molecule has 0 aromatic heterocycles. The lowest BCUT2D eigenvalue weighted by Crippen LogP contribution is -2.10. The van der Waals surface area contributed by atoms with Crippen molar-refractivity contribution in [3.8, 4) is 11.1 Å². The Bertz CT molecular complexity index is 646. The Morgan fingerprint density at radius 3 is 2.20 bits per heavy atom. The van der Waals surface area contributed by atoms with Gasteiger partial charge in [-0.05, 0) is 35.7 Å². The molecule has 2 rings (SSSR count). The van der Waals surface area contributed by atoms with Crippen molar-refractivity contribution < 1.29 is 23.1 Å². The number of alkyl halides is 3. The Labute approximate surface area is 113 Å². The summed E-state index contributed by atoms with van der Waals surface area (Å²) in [6, 6.07) is 10.1. The van der Waals surface area contributed by atoms with Crippen molar-refractivity contribution in [3.63, 3.8) is 0 Å². The van der Waals surface area contributed by atoms with E-state index in [0.717, 1.165) is 6.07 Å². The number of benzene rings is 2. The van der Waals surface area contributed by atoms with E-state index in [4.69, 9.17) is 5.11 Å². The maximum Gasteiger partial charge on any atom is 0.416 e. The Morgan fingerprint density at radius 1 is 1.10 bits per heavy atom. The lowest BCUT2D eigenvalue weighted by molar-refractivity contribution is -0.137. The first-order valence-electron chi connectivity index (χ1n) is 5.81. The summed E-state index contributed by atoms with van der Waals surface area (Å²) < 4.78 is 38.6. The van der Waals surface area contributed by atoms with E-state index in [1.165, 1.54) is 6.92 Å². The van der Waals surface area contributed by atoms with Gasteiger partial charge in [0.1, 0.15) is 0 Å². The smallest absolute Gasteiger partial charge is 0.416 e. The number of hydrogen-bond donors (Lipinski definition) is 1. The van der Waals surface area contributed by atoms with Crippen LogP contribution in [0.3, 0.4) is 0 Å². The van der Waals surface area contributed by atoms with Crippen LogP contribution in [0.1, 0.15) is 21.5 Å². The van der Waals surface area contributed by atoms with E-state index in [1.807, 2.05) is 0 Å². The van der Waals surface area contributed by atoms with Gasteiger partial charge in [0.15, 0.2) is 0 Å². The molecule has 0 unspecified atom stereocenters. The van der Waals surface area contributed by atoms with Crippen molar-refractivity contribution >= 4 is 5.97 Å². The van der Waals surface area contributed by atoms with Crippen LogP contribution in [0.4, 0.5) is 13.2 Å². The molecule has 20 heavy (non-hydrogen) atoms. The predicted octanol–water partition coefficient (Wildman–Crippen LogP) is 4.38. The van der Waals surface area contributed by atoms with Gasteiger partial charge in [0.25, 0.3) is 0 Å². The number of rotatable bonds is 2. The molecule has 5 heteroatoms. The Kier molecular flexibility index (Phi) is 3.53. The van der Waals surface area contributed by atoms with Gasteiger partial charge in [-0.25, -0.2) is 4.79 Å². The molecule has 0 aliphatic carbocycles. The second-order valence-corrected chi connectivity index (χ2v) is 4.37. The summed E-state index contributed by atoms with van der Waals surface area (Å²) in [7, 11) is 0. The van der Waals surface area contributed by atoms with Crippen molar-refractivity contribution in [2.24, 2.45) is 0 Å². The zero-order valence-electron chi connectivity index (χ0n) is 10.5. The molecule has 0 fully saturated rings. The van der Waals surface area contributed by atoms with Crippen LogP contribution in [0.2, 0.25) is 0 Å². The maximum atomic E-state index is 12.9. The van der Waals surface area contributed by atoms with Crippen molar-refractivity contribution in [3.05, 3.63) is 59.2 Å². The number of carboxylic acids is 1. The zero-order chi connectivity index (χ0) is 14.9. The van der Waals surface area contributed by atoms with E-state index in [2.05, 4.69) is 0 Å². The van der Waals surface area contributed by atoms with Gasteiger partial charge in [0.2, 0.25) is 0 Å². The summed E-state index contributed by atoms with van der Waals surface area (Å²) >= 11 is 0. The lowest BCUT2D eigenvalue weighted by atomic mass is 9.93. The molecule has 0 aliphatic heterocycles. The van der Waals surface area contributed by atoms with E-state index >= 15 is 0 Å². The van der Waals surface area contributed by atoms with E-state index in [0.29, 0.717) is 17.2 Å². The summed E-state index contributed by atoms with van der Waals surface area (Å²) in [6.45, 7) is 1.51. The second-order valence-electron chi connectivity index (χ2n) is 4.37. The van der Waals surface area contributed by atoms with Crippen LogP contribution in [-0.2, 0) is 6.18 Å². The molecule has 0 spiro atoms. The van der Waals surface area contributed by atoms with Gasteiger partial charge in [0, 0.05) is 0 Å². The minimum absolute atomic E-state index is 0.276. The summed E-state index contributed by atoms with van der Waals surface area (Å²) in [5, 5.41) is 9.06. The van der Waals surface area contributed by atoms with Gasteiger partial charge in [-0.1, -0.05) is 30.3 Å². The molecule has 0 saturated heterocycles. The van der Waals surface area contributed by atoms with Crippen LogP contribution < -0.4 is 0 Å². The first-order valence-corrected chi connectivity index (χ1v) is 5.81. The highest BCUT2D eigenvalue weighted by Gasteiger charge is 2.32. The molecule has 2 aromatic rings. The Hall–Kier alpha value is -2.30. The van der Waals surface area contributed by atoms with Crippen LogP contribution in [0.25, 0.3) is 11.1 Å². The molecular weight excluding hydrogens is 269 g/mol. The molecular formula is C15H11F3O2. The quantitative estimate of drug-likeness (QED) is 0.886. The number of aromatic carboxylic acids is 1. The normalized spacial score (nSPS) is 11.4. The van der Waals surface area contributed by atoms with Gasteiger partial charge >= 0.3 is 12.1 Å². The topological polar surface area (TPSA) is 37.3 Å². The standard InChI is InChI=1S/C15H11F3O2/c1-9-12(10-5-3-2-4-6-10)7-11(15(16,17)18)8-13(9)14(19)20/h2-8H,1H3,(H,19,20). The molecule has 0 bridgehead atoms. The number of halogens is 3. The number of carbonyl (C=O) groups is 1. The minimum Gasteiger partial charge on any atom is -0.478 e. The maximum absolute atomic E-state index is 12.9. The van der Waals surface area contributed by atoms with Crippen LogP contribution in [0.5, 0.6) is 0 Å². The molecule has 2 aromatic carbocycles. The summed E-state index contributed by atoms with van der Waals surface area (Å²) in [4.78, 5) is 11.1. The van der Waals surface area contributed by atoms with E-state index < -0.39 is 17.7 Å². The van der Waals surface area contributed by atoms with Crippen LogP contribution in [0.15, 0.2) is 42.5 Å². The Morgan fingerprint density at radius 2 is 1.70 bits per heavy atom. The van der Waals surface area contributed by atoms with Gasteiger partial charge in [0.05, 0.1) is 11.1 Å². The largest absolute Gasteiger partial charge is 0.478 e. The highest BCUT2D eigenvalue weighted by atomic mass is 19.4. The molecule has 104 valence electrons. The number of hydrogen-bond acceptors (Lipinski definition) is 1. The van der Waals surface area contributed by atoms with Gasteiger partial charge in [-0.3, -0.25) is 0 Å². The SMILES string of the molecule is Cc1c(C(=O)O)cc(C(F)(F)F)cc1-c1ccccc1. The Balaban J connectivity index is 2.74. The van der Waals surface area contributed by atoms with Crippen molar-refractivity contribution in [2.45, 2.75) is 13.1 Å². The summed E-state index contributed by atoms with van der Waals surface area (Å²) in [5.41, 5.74) is -0.147. The average Bonchev–Trinajstić information content (AvgIpc) is 2.38. The fraction of sp³-hybridized carbons (Fsp3) is 0.133. The van der Waals surface area contributed by atoms with Crippen LogP contribution in [0, 0.1) is 6.92 Å². The first-order chi connectivity index (χ1) is 9.30. The van der Waals surface area contributed by atoms with Crippen LogP contribution in [-0.4, -0.2) is 11.1 Å². The summed E-state index contributed by atoms with van der Waals surface area (Å²) in [5.74, 6) is -1.37. The minimum atomic E-state index is -4.58. The van der Waals surface area contributed by atoms with Crippen molar-refractivity contribution in [1.29, 1.82) is 0 Å². The fourth-order valence-corrected chi connectivity index (χ4v) is 2.02. The third-order valence-electron chi connectivity index (χ3n) is 3.05. The highest BCUT2D eigenvalue weighted by Crippen LogP contribution is 2.35. The molecule has 2 nitrogen and oxygen atoms in total. The lowest BCUT2D eigenvalue weighted by Gasteiger charge is -2.14. The molecule has 0 saturated carbocycles. The molecule has 0 heterocycles. The molecule has 1 N–H and O–H groups in total.